The van der Waals surface area contributed by atoms with Crippen LogP contribution in [0.1, 0.15) is 27.0 Å². The van der Waals surface area contributed by atoms with Crippen LogP contribution in [0.2, 0.25) is 5.02 Å². The summed E-state index contributed by atoms with van der Waals surface area (Å²) in [6, 6.07) is 39.4. The molecule has 6 aromatic rings. The first-order valence-electron chi connectivity index (χ1n) is 12.7. The number of ketones is 1. The molecule has 0 N–H and O–H groups in total. The Hall–Kier alpha value is -4.60. The Morgan fingerprint density at radius 3 is 1.97 bits per heavy atom. The lowest BCUT2D eigenvalue weighted by atomic mass is 9.88. The maximum atomic E-state index is 14.6. The van der Waals surface area contributed by atoms with Gasteiger partial charge in [-0.1, -0.05) is 109 Å². The molecule has 2 nitrogen and oxygen atoms in total. The summed E-state index contributed by atoms with van der Waals surface area (Å²) in [4.78, 5) is 19.2. The maximum absolute atomic E-state index is 14.6. The highest BCUT2D eigenvalue weighted by Crippen LogP contribution is 2.34. The van der Waals surface area contributed by atoms with Gasteiger partial charge in [0.2, 0.25) is 0 Å². The summed E-state index contributed by atoms with van der Waals surface area (Å²) in [6.45, 7) is 0. The third kappa shape index (κ3) is 5.09. The summed E-state index contributed by atoms with van der Waals surface area (Å²) < 4.78 is 14.6. The molecule has 188 valence electrons. The van der Waals surface area contributed by atoms with Crippen LogP contribution in [0.15, 0.2) is 127 Å². The first kappa shape index (κ1) is 24.7. The van der Waals surface area contributed by atoms with Gasteiger partial charge in [0.25, 0.3) is 0 Å². The molecule has 0 amide bonds. The first-order valence-corrected chi connectivity index (χ1v) is 13.1. The topological polar surface area (TPSA) is 30.0 Å². The van der Waals surface area contributed by atoms with Crippen LogP contribution >= 0.6 is 11.6 Å². The van der Waals surface area contributed by atoms with Gasteiger partial charge < -0.3 is 0 Å². The van der Waals surface area contributed by atoms with Crippen molar-refractivity contribution in [1.29, 1.82) is 0 Å². The number of hydrogen-bond donors (Lipinski definition) is 0. The van der Waals surface area contributed by atoms with E-state index >= 15 is 0 Å². The number of rotatable bonds is 6. The van der Waals surface area contributed by atoms with E-state index in [9.17, 15) is 9.18 Å². The van der Waals surface area contributed by atoms with Crippen molar-refractivity contribution < 1.29 is 9.18 Å². The molecule has 0 atom stereocenters. The predicted octanol–water partition coefficient (Wildman–Crippen LogP) is 9.18. The molecule has 1 aromatic heterocycles. The van der Waals surface area contributed by atoms with Gasteiger partial charge in [-0.05, 0) is 59.0 Å². The van der Waals surface area contributed by atoms with E-state index < -0.39 is 0 Å². The van der Waals surface area contributed by atoms with Crippen molar-refractivity contribution in [2.24, 2.45) is 0 Å². The Balaban J connectivity index is 1.57. The Bertz CT molecular complexity index is 1780. The van der Waals surface area contributed by atoms with Gasteiger partial charge in [-0.2, -0.15) is 0 Å². The normalized spacial score (nSPS) is 11.0. The Morgan fingerprint density at radius 2 is 1.31 bits per heavy atom. The van der Waals surface area contributed by atoms with Crippen molar-refractivity contribution in [1.82, 2.24) is 4.98 Å². The molecule has 0 saturated carbocycles. The number of nitrogens with zero attached hydrogens (tertiary/aromatic N) is 1. The molecular formula is C35H23ClFNO. The number of fused-ring (bicyclic) bond motifs is 1. The summed E-state index contributed by atoms with van der Waals surface area (Å²) in [5.74, 6) is -0.532. The number of hydrogen-bond acceptors (Lipinski definition) is 2. The predicted molar refractivity (Wildman–Crippen MR) is 157 cm³/mol. The molecule has 6 rings (SSSR count). The highest BCUT2D eigenvalue weighted by Gasteiger charge is 2.24. The molecule has 5 aromatic carbocycles. The third-order valence-corrected chi connectivity index (χ3v) is 7.13. The summed E-state index contributed by atoms with van der Waals surface area (Å²) in [5.41, 5.74) is 6.85. The minimum absolute atomic E-state index is 0.156. The van der Waals surface area contributed by atoms with Crippen molar-refractivity contribution in [2.75, 3.05) is 0 Å². The van der Waals surface area contributed by atoms with Crippen LogP contribution < -0.4 is 0 Å². The quantitative estimate of drug-likeness (QED) is 0.202. The van der Waals surface area contributed by atoms with Gasteiger partial charge in [-0.15, -0.1) is 0 Å². The molecular weight excluding hydrogens is 505 g/mol. The second kappa shape index (κ2) is 10.6. The maximum Gasteiger partial charge on any atom is 0.195 e. The monoisotopic (exact) mass is 527 g/mol. The zero-order valence-corrected chi connectivity index (χ0v) is 21.7. The summed E-state index contributed by atoms with van der Waals surface area (Å²) in [6.07, 6.45) is 0.419. The fourth-order valence-electron chi connectivity index (χ4n) is 4.93. The van der Waals surface area contributed by atoms with E-state index in [1.807, 2.05) is 109 Å². The lowest BCUT2D eigenvalue weighted by Crippen LogP contribution is -2.11. The van der Waals surface area contributed by atoms with E-state index in [2.05, 4.69) is 0 Å². The van der Waals surface area contributed by atoms with Crippen molar-refractivity contribution in [3.05, 3.63) is 160 Å². The molecule has 0 spiro atoms. The van der Waals surface area contributed by atoms with Crippen LogP contribution in [0.5, 0.6) is 0 Å². The Kier molecular flexibility index (Phi) is 6.75. The molecule has 1 heterocycles. The molecule has 0 aliphatic heterocycles. The SMILES string of the molecule is O=C(c1ccc(-c2ccccc2)cc1)c1c(-c2ccccc2)nc2ccc(F)cc2c1Cc1ccc(Cl)cc1. The molecule has 4 heteroatoms. The lowest BCUT2D eigenvalue weighted by molar-refractivity contribution is 0.103. The zero-order valence-electron chi connectivity index (χ0n) is 20.9. The van der Waals surface area contributed by atoms with Gasteiger partial charge in [-0.25, -0.2) is 9.37 Å². The van der Waals surface area contributed by atoms with Crippen LogP contribution in [0.25, 0.3) is 33.3 Å². The van der Waals surface area contributed by atoms with Crippen molar-refractivity contribution in [3.63, 3.8) is 0 Å². The standard InChI is InChI=1S/C35H23ClFNO/c36-28-17-11-23(12-18-28)21-31-30-22-29(37)19-20-32(30)38-34(26-9-5-2-6-10-26)33(31)35(39)27-15-13-25(14-16-27)24-7-3-1-4-8-24/h1-20,22H,21H2. The molecule has 0 saturated heterocycles. The van der Waals surface area contributed by atoms with Gasteiger partial charge in [0, 0.05) is 21.5 Å². The van der Waals surface area contributed by atoms with Crippen molar-refractivity contribution >= 4 is 28.3 Å². The van der Waals surface area contributed by atoms with Gasteiger partial charge >= 0.3 is 0 Å². The molecule has 0 unspecified atom stereocenters. The van der Waals surface area contributed by atoms with E-state index in [-0.39, 0.29) is 11.6 Å². The average Bonchev–Trinajstić information content (AvgIpc) is 2.99. The zero-order chi connectivity index (χ0) is 26.8. The second-order valence-corrected chi connectivity index (χ2v) is 9.85. The molecule has 39 heavy (non-hydrogen) atoms. The van der Waals surface area contributed by atoms with Crippen LogP contribution in [-0.4, -0.2) is 10.8 Å². The van der Waals surface area contributed by atoms with E-state index in [0.29, 0.717) is 39.2 Å². The van der Waals surface area contributed by atoms with Crippen LogP contribution in [0.4, 0.5) is 4.39 Å². The summed E-state index contributed by atoms with van der Waals surface area (Å²) in [7, 11) is 0. The number of halogens is 2. The fraction of sp³-hybridized carbons (Fsp3) is 0.0286. The van der Waals surface area contributed by atoms with Crippen molar-refractivity contribution in [2.45, 2.75) is 6.42 Å². The van der Waals surface area contributed by atoms with Crippen LogP contribution in [0, 0.1) is 5.82 Å². The first-order chi connectivity index (χ1) is 19.1. The van der Waals surface area contributed by atoms with Crippen LogP contribution in [0.3, 0.4) is 0 Å². The molecule has 0 fully saturated rings. The highest BCUT2D eigenvalue weighted by atomic mass is 35.5. The minimum Gasteiger partial charge on any atom is -0.289 e. The minimum atomic E-state index is -0.375. The van der Waals surface area contributed by atoms with E-state index in [0.717, 1.165) is 27.8 Å². The van der Waals surface area contributed by atoms with Crippen molar-refractivity contribution in [3.8, 4) is 22.4 Å². The molecule has 0 aliphatic carbocycles. The number of carbonyl (C=O) groups excluding carboxylic acids is 1. The summed E-state index contributed by atoms with van der Waals surface area (Å²) >= 11 is 6.14. The number of carbonyl (C=O) groups is 1. The Labute approximate surface area is 231 Å². The number of benzene rings is 5. The lowest BCUT2D eigenvalue weighted by Gasteiger charge is -2.18. The van der Waals surface area contributed by atoms with Gasteiger partial charge in [-0.3, -0.25) is 4.79 Å². The Morgan fingerprint density at radius 1 is 0.692 bits per heavy atom. The highest BCUT2D eigenvalue weighted by molar-refractivity contribution is 6.30. The van der Waals surface area contributed by atoms with E-state index in [1.165, 1.54) is 12.1 Å². The van der Waals surface area contributed by atoms with E-state index in [1.54, 1.807) is 6.07 Å². The third-order valence-electron chi connectivity index (χ3n) is 6.88. The second-order valence-electron chi connectivity index (χ2n) is 9.42. The van der Waals surface area contributed by atoms with Gasteiger partial charge in [0.05, 0.1) is 16.8 Å². The number of aromatic nitrogens is 1. The molecule has 0 radical (unpaired) electrons. The van der Waals surface area contributed by atoms with Gasteiger partial charge in [0.15, 0.2) is 5.78 Å². The largest absolute Gasteiger partial charge is 0.289 e. The average molecular weight is 528 g/mol. The number of pyridine rings is 1. The molecule has 0 bridgehead atoms. The van der Waals surface area contributed by atoms with Crippen LogP contribution in [-0.2, 0) is 6.42 Å². The summed E-state index contributed by atoms with van der Waals surface area (Å²) in [5, 5.41) is 1.25. The van der Waals surface area contributed by atoms with Gasteiger partial charge in [0.1, 0.15) is 5.82 Å². The fourth-order valence-corrected chi connectivity index (χ4v) is 5.06. The van der Waals surface area contributed by atoms with E-state index in [4.69, 9.17) is 16.6 Å². The smallest absolute Gasteiger partial charge is 0.195 e. The molecule has 0 aliphatic rings.